The molecule has 76 valence electrons. The van der Waals surface area contributed by atoms with Crippen molar-refractivity contribution in [2.24, 2.45) is 0 Å². The third-order valence-electron chi connectivity index (χ3n) is 1.87. The number of halogens is 1. The minimum absolute atomic E-state index is 0.0463. The molecule has 5 heteroatoms. The average molecular weight is 233 g/mol. The fraction of sp³-hybridized carbons (Fsp3) is 0.222. The molecule has 0 aromatic heterocycles. The molecule has 0 amide bonds. The van der Waals surface area contributed by atoms with E-state index >= 15 is 0 Å². The van der Waals surface area contributed by atoms with Crippen molar-refractivity contribution in [1.29, 1.82) is 0 Å². The summed E-state index contributed by atoms with van der Waals surface area (Å²) in [6.45, 7) is 3.12. The smallest absolute Gasteiger partial charge is 0.261 e. The van der Waals surface area contributed by atoms with Crippen LogP contribution in [0.2, 0.25) is 0 Å². The Balaban J connectivity index is 3.42. The van der Waals surface area contributed by atoms with E-state index in [-0.39, 0.29) is 10.7 Å². The van der Waals surface area contributed by atoms with Gasteiger partial charge in [0.05, 0.1) is 4.90 Å². The van der Waals surface area contributed by atoms with Crippen LogP contribution in [0.5, 0.6) is 0 Å². The van der Waals surface area contributed by atoms with Gasteiger partial charge in [0.1, 0.15) is 0 Å². The second-order valence-electron chi connectivity index (χ2n) is 2.97. The minimum atomic E-state index is -3.76. The molecule has 3 nitrogen and oxygen atoms in total. The number of hydrogen-bond donors (Lipinski definition) is 0. The molecule has 0 unspecified atom stereocenters. The quantitative estimate of drug-likeness (QED) is 0.580. The van der Waals surface area contributed by atoms with Crippen LogP contribution < -0.4 is 0 Å². The third-order valence-corrected chi connectivity index (χ3v) is 3.22. The van der Waals surface area contributed by atoms with E-state index in [2.05, 4.69) is 0 Å². The molecule has 0 bridgehead atoms. The fourth-order valence-corrected chi connectivity index (χ4v) is 1.91. The second-order valence-corrected chi connectivity index (χ2v) is 5.54. The molecule has 0 saturated carbocycles. The van der Waals surface area contributed by atoms with Crippen LogP contribution in [-0.4, -0.2) is 14.2 Å². The van der Waals surface area contributed by atoms with Gasteiger partial charge in [0, 0.05) is 16.2 Å². The summed E-state index contributed by atoms with van der Waals surface area (Å²) in [7, 11) is 1.39. The van der Waals surface area contributed by atoms with Crippen LogP contribution in [0.15, 0.2) is 23.1 Å². The van der Waals surface area contributed by atoms with Gasteiger partial charge in [-0.2, -0.15) is 0 Å². The summed E-state index contributed by atoms with van der Waals surface area (Å²) in [5, 5.41) is 0. The molecule has 0 saturated heterocycles. The Labute approximate surface area is 87.1 Å². The summed E-state index contributed by atoms with van der Waals surface area (Å²) in [5.41, 5.74) is 1.12. The zero-order chi connectivity index (χ0) is 10.9. The van der Waals surface area contributed by atoms with E-state index < -0.39 is 9.05 Å². The lowest BCUT2D eigenvalue weighted by atomic mass is 10.1. The van der Waals surface area contributed by atoms with Gasteiger partial charge in [-0.25, -0.2) is 8.42 Å². The molecule has 0 aliphatic heterocycles. The summed E-state index contributed by atoms with van der Waals surface area (Å²) in [6.07, 6.45) is 0. The number of carbonyl (C=O) groups is 1. The van der Waals surface area contributed by atoms with E-state index in [1.807, 2.05) is 0 Å². The summed E-state index contributed by atoms with van der Waals surface area (Å²) in [5.74, 6) is -0.176. The van der Waals surface area contributed by atoms with Gasteiger partial charge in [-0.05, 0) is 31.5 Å². The summed E-state index contributed by atoms with van der Waals surface area (Å²) >= 11 is 0. The Bertz CT molecular complexity index is 477. The number of rotatable bonds is 2. The highest BCUT2D eigenvalue weighted by Crippen LogP contribution is 2.19. The second kappa shape index (κ2) is 3.71. The molecule has 0 fully saturated rings. The van der Waals surface area contributed by atoms with Crippen LogP contribution in [0.4, 0.5) is 0 Å². The lowest BCUT2D eigenvalue weighted by molar-refractivity contribution is 0.101. The lowest BCUT2D eigenvalue weighted by Gasteiger charge is -2.03. The summed E-state index contributed by atoms with van der Waals surface area (Å²) in [4.78, 5) is 11.1. The van der Waals surface area contributed by atoms with Crippen molar-refractivity contribution in [3.63, 3.8) is 0 Å². The standard InChI is InChI=1S/C9H9ClO3S/c1-6-3-4-8(14(10,12)13)5-9(6)7(2)11/h3-5H,1-2H3. The molecular weight excluding hydrogens is 224 g/mol. The van der Waals surface area contributed by atoms with E-state index in [0.29, 0.717) is 5.56 Å². The average Bonchev–Trinajstić information content (AvgIpc) is 2.02. The van der Waals surface area contributed by atoms with Crippen molar-refractivity contribution in [2.75, 3.05) is 0 Å². The Kier molecular flexibility index (Phi) is 2.97. The molecule has 1 aromatic rings. The lowest BCUT2D eigenvalue weighted by Crippen LogP contribution is -1.99. The van der Waals surface area contributed by atoms with E-state index in [1.54, 1.807) is 13.0 Å². The molecule has 1 aromatic carbocycles. The Hall–Kier alpha value is -0.870. The van der Waals surface area contributed by atoms with Crippen molar-refractivity contribution in [1.82, 2.24) is 0 Å². The number of carbonyl (C=O) groups excluding carboxylic acids is 1. The topological polar surface area (TPSA) is 51.2 Å². The Morgan fingerprint density at radius 2 is 1.93 bits per heavy atom. The highest BCUT2D eigenvalue weighted by Gasteiger charge is 2.13. The zero-order valence-electron chi connectivity index (χ0n) is 7.74. The molecule has 0 radical (unpaired) electrons. The number of benzene rings is 1. The molecule has 0 heterocycles. The molecule has 0 spiro atoms. The predicted molar refractivity (Wildman–Crippen MR) is 54.2 cm³/mol. The van der Waals surface area contributed by atoms with E-state index in [9.17, 15) is 13.2 Å². The highest BCUT2D eigenvalue weighted by atomic mass is 35.7. The maximum atomic E-state index is 11.1. The number of hydrogen-bond acceptors (Lipinski definition) is 3. The van der Waals surface area contributed by atoms with Crippen LogP contribution >= 0.6 is 10.7 Å². The minimum Gasteiger partial charge on any atom is -0.295 e. The number of ketones is 1. The zero-order valence-corrected chi connectivity index (χ0v) is 9.32. The summed E-state index contributed by atoms with van der Waals surface area (Å²) in [6, 6.07) is 4.23. The molecular formula is C9H9ClO3S. The van der Waals surface area contributed by atoms with Crippen molar-refractivity contribution >= 4 is 25.5 Å². The third kappa shape index (κ3) is 2.33. The van der Waals surface area contributed by atoms with Crippen molar-refractivity contribution in [3.8, 4) is 0 Å². The molecule has 0 atom stereocenters. The molecule has 1 rings (SSSR count). The molecule has 0 aliphatic rings. The molecule has 0 N–H and O–H groups in total. The Morgan fingerprint density at radius 3 is 2.36 bits per heavy atom. The first kappa shape index (κ1) is 11.2. The SMILES string of the molecule is CC(=O)c1cc(S(=O)(=O)Cl)ccc1C. The van der Waals surface area contributed by atoms with Crippen molar-refractivity contribution in [3.05, 3.63) is 29.3 Å². The van der Waals surface area contributed by atoms with Crippen molar-refractivity contribution in [2.45, 2.75) is 18.7 Å². The predicted octanol–water partition coefficient (Wildman–Crippen LogP) is 2.13. The first-order chi connectivity index (χ1) is 6.32. The van der Waals surface area contributed by atoms with E-state index in [1.165, 1.54) is 19.1 Å². The Morgan fingerprint density at radius 1 is 1.36 bits per heavy atom. The number of aryl methyl sites for hydroxylation is 1. The fourth-order valence-electron chi connectivity index (χ4n) is 1.13. The summed E-state index contributed by atoms with van der Waals surface area (Å²) < 4.78 is 21.9. The van der Waals surface area contributed by atoms with Crippen molar-refractivity contribution < 1.29 is 13.2 Å². The van der Waals surface area contributed by atoms with Gasteiger partial charge in [0.15, 0.2) is 5.78 Å². The largest absolute Gasteiger partial charge is 0.295 e. The van der Waals surface area contributed by atoms with Gasteiger partial charge in [-0.1, -0.05) is 6.07 Å². The maximum absolute atomic E-state index is 11.1. The van der Waals surface area contributed by atoms with Gasteiger partial charge in [-0.15, -0.1) is 0 Å². The highest BCUT2D eigenvalue weighted by molar-refractivity contribution is 8.13. The van der Waals surface area contributed by atoms with Crippen LogP contribution in [0.25, 0.3) is 0 Å². The first-order valence-electron chi connectivity index (χ1n) is 3.88. The van der Waals surface area contributed by atoms with Crippen LogP contribution in [0.1, 0.15) is 22.8 Å². The van der Waals surface area contributed by atoms with Gasteiger partial charge >= 0.3 is 0 Å². The van der Waals surface area contributed by atoms with E-state index in [4.69, 9.17) is 10.7 Å². The van der Waals surface area contributed by atoms with Crippen LogP contribution in [0, 0.1) is 6.92 Å². The van der Waals surface area contributed by atoms with Gasteiger partial charge < -0.3 is 0 Å². The first-order valence-corrected chi connectivity index (χ1v) is 6.19. The van der Waals surface area contributed by atoms with Gasteiger partial charge in [0.25, 0.3) is 9.05 Å². The maximum Gasteiger partial charge on any atom is 0.261 e. The van der Waals surface area contributed by atoms with Gasteiger partial charge in [0.2, 0.25) is 0 Å². The van der Waals surface area contributed by atoms with Crippen LogP contribution in [0.3, 0.4) is 0 Å². The molecule has 14 heavy (non-hydrogen) atoms. The number of Topliss-reactive ketones (excluding diaryl/α,β-unsaturated/α-hetero) is 1. The normalized spacial score (nSPS) is 11.4. The van der Waals surface area contributed by atoms with Gasteiger partial charge in [-0.3, -0.25) is 4.79 Å². The van der Waals surface area contributed by atoms with E-state index in [0.717, 1.165) is 5.56 Å². The monoisotopic (exact) mass is 232 g/mol. The molecule has 0 aliphatic carbocycles. The van der Waals surface area contributed by atoms with Crippen LogP contribution in [-0.2, 0) is 9.05 Å².